The molecule has 0 aliphatic heterocycles. The Balaban J connectivity index is 1.38. The first-order valence-corrected chi connectivity index (χ1v) is 9.29. The van der Waals surface area contributed by atoms with Crippen LogP contribution in [-0.2, 0) is 6.54 Å². The van der Waals surface area contributed by atoms with Crippen molar-refractivity contribution in [1.82, 2.24) is 14.6 Å². The lowest BCUT2D eigenvalue weighted by Gasteiger charge is -2.08. The first kappa shape index (κ1) is 17.1. The summed E-state index contributed by atoms with van der Waals surface area (Å²) >= 11 is 0. The Morgan fingerprint density at radius 2 is 1.69 bits per heavy atom. The molecule has 0 aliphatic rings. The lowest BCUT2D eigenvalue weighted by atomic mass is 10.1. The van der Waals surface area contributed by atoms with E-state index in [-0.39, 0.29) is 0 Å². The Morgan fingerprint density at radius 1 is 0.862 bits per heavy atom. The molecular formula is C23H18N4O2. The van der Waals surface area contributed by atoms with Gasteiger partial charge in [-0.1, -0.05) is 18.2 Å². The van der Waals surface area contributed by atoms with Crippen LogP contribution in [0, 0.1) is 0 Å². The van der Waals surface area contributed by atoms with E-state index in [2.05, 4.69) is 15.4 Å². The Hall–Kier alpha value is -4.06. The topological polar surface area (TPSA) is 64.6 Å². The summed E-state index contributed by atoms with van der Waals surface area (Å²) in [6.45, 7) is 0.570. The first-order chi connectivity index (χ1) is 14.3. The van der Waals surface area contributed by atoms with Crippen LogP contribution in [0.5, 0.6) is 11.5 Å². The van der Waals surface area contributed by atoms with Gasteiger partial charge in [-0.25, -0.2) is 9.50 Å². The van der Waals surface area contributed by atoms with Crippen LogP contribution in [0.1, 0.15) is 5.76 Å². The number of rotatable bonds is 6. The second-order valence-corrected chi connectivity index (χ2v) is 6.50. The fourth-order valence-corrected chi connectivity index (χ4v) is 3.07. The Kier molecular flexibility index (Phi) is 4.42. The van der Waals surface area contributed by atoms with Gasteiger partial charge in [0.05, 0.1) is 24.7 Å². The van der Waals surface area contributed by atoms with Crippen LogP contribution in [0.2, 0.25) is 0 Å². The van der Waals surface area contributed by atoms with E-state index in [1.54, 1.807) is 6.26 Å². The molecule has 2 aromatic carbocycles. The zero-order valence-electron chi connectivity index (χ0n) is 15.5. The number of imidazole rings is 1. The van der Waals surface area contributed by atoms with E-state index < -0.39 is 0 Å². The summed E-state index contributed by atoms with van der Waals surface area (Å²) < 4.78 is 13.1. The normalized spacial score (nSPS) is 10.9. The average molecular weight is 382 g/mol. The van der Waals surface area contributed by atoms with E-state index in [1.165, 1.54) is 0 Å². The van der Waals surface area contributed by atoms with E-state index in [1.807, 2.05) is 89.6 Å². The molecule has 0 saturated heterocycles. The number of furan rings is 1. The van der Waals surface area contributed by atoms with E-state index in [9.17, 15) is 0 Å². The highest BCUT2D eigenvalue weighted by Crippen LogP contribution is 2.26. The SMILES string of the molecule is c1ccc(Oc2ccc(-c3cnc4ccc(NCc5ccco5)nn34)cc2)cc1. The maximum absolute atomic E-state index is 5.87. The monoisotopic (exact) mass is 382 g/mol. The zero-order valence-corrected chi connectivity index (χ0v) is 15.5. The molecular weight excluding hydrogens is 364 g/mol. The van der Waals surface area contributed by atoms with Crippen LogP contribution in [0.3, 0.4) is 0 Å². The molecule has 0 atom stereocenters. The fourth-order valence-electron chi connectivity index (χ4n) is 3.07. The molecule has 5 aromatic rings. The lowest BCUT2D eigenvalue weighted by Crippen LogP contribution is -2.04. The maximum Gasteiger partial charge on any atom is 0.154 e. The minimum Gasteiger partial charge on any atom is -0.467 e. The highest BCUT2D eigenvalue weighted by Gasteiger charge is 2.09. The maximum atomic E-state index is 5.87. The molecule has 0 aliphatic carbocycles. The van der Waals surface area contributed by atoms with Crippen LogP contribution in [0.4, 0.5) is 5.82 Å². The molecule has 0 spiro atoms. The van der Waals surface area contributed by atoms with Crippen molar-refractivity contribution < 1.29 is 9.15 Å². The van der Waals surface area contributed by atoms with Crippen LogP contribution >= 0.6 is 0 Å². The summed E-state index contributed by atoms with van der Waals surface area (Å²) in [5.41, 5.74) is 2.70. The minimum atomic E-state index is 0.570. The van der Waals surface area contributed by atoms with Gasteiger partial charge in [0.2, 0.25) is 0 Å². The van der Waals surface area contributed by atoms with E-state index in [0.717, 1.165) is 40.0 Å². The molecule has 142 valence electrons. The number of hydrogen-bond acceptors (Lipinski definition) is 5. The van der Waals surface area contributed by atoms with E-state index >= 15 is 0 Å². The molecule has 0 fully saturated rings. The highest BCUT2D eigenvalue weighted by molar-refractivity contribution is 5.64. The van der Waals surface area contributed by atoms with Gasteiger partial charge in [-0.15, -0.1) is 5.10 Å². The molecule has 1 N–H and O–H groups in total. The summed E-state index contributed by atoms with van der Waals surface area (Å²) in [7, 11) is 0. The van der Waals surface area contributed by atoms with E-state index in [4.69, 9.17) is 9.15 Å². The summed E-state index contributed by atoms with van der Waals surface area (Å²) in [5, 5.41) is 7.94. The second-order valence-electron chi connectivity index (χ2n) is 6.50. The van der Waals surface area contributed by atoms with Gasteiger partial charge in [0.25, 0.3) is 0 Å². The third kappa shape index (κ3) is 3.68. The largest absolute Gasteiger partial charge is 0.467 e. The fraction of sp³-hybridized carbons (Fsp3) is 0.0435. The van der Waals surface area contributed by atoms with Gasteiger partial charge < -0.3 is 14.5 Å². The van der Waals surface area contributed by atoms with Crippen molar-refractivity contribution in [2.24, 2.45) is 0 Å². The minimum absolute atomic E-state index is 0.570. The van der Waals surface area contributed by atoms with Gasteiger partial charge in [-0.3, -0.25) is 0 Å². The second kappa shape index (κ2) is 7.52. The molecule has 0 unspecified atom stereocenters. The molecule has 0 saturated carbocycles. The Bertz CT molecular complexity index is 1210. The molecule has 29 heavy (non-hydrogen) atoms. The molecule has 6 heteroatoms. The number of hydrogen-bond donors (Lipinski definition) is 1. The van der Waals surface area contributed by atoms with Gasteiger partial charge in [0.15, 0.2) is 5.65 Å². The van der Waals surface area contributed by atoms with Gasteiger partial charge in [-0.05, 0) is 60.7 Å². The van der Waals surface area contributed by atoms with Crippen molar-refractivity contribution in [3.05, 3.63) is 97.1 Å². The van der Waals surface area contributed by atoms with Crippen molar-refractivity contribution >= 4 is 11.5 Å². The summed E-state index contributed by atoms with van der Waals surface area (Å²) in [5.74, 6) is 3.19. The van der Waals surface area contributed by atoms with Crippen molar-refractivity contribution in [2.45, 2.75) is 6.54 Å². The van der Waals surface area contributed by atoms with Crippen molar-refractivity contribution in [3.63, 3.8) is 0 Å². The van der Waals surface area contributed by atoms with Crippen molar-refractivity contribution in [1.29, 1.82) is 0 Å². The molecule has 0 bridgehead atoms. The van der Waals surface area contributed by atoms with Crippen LogP contribution in [0.15, 0.2) is 95.7 Å². The lowest BCUT2D eigenvalue weighted by molar-refractivity contribution is 0.483. The highest BCUT2D eigenvalue weighted by atomic mass is 16.5. The number of aromatic nitrogens is 3. The number of fused-ring (bicyclic) bond motifs is 1. The molecule has 3 heterocycles. The summed E-state index contributed by atoms with van der Waals surface area (Å²) in [4.78, 5) is 4.46. The number of para-hydroxylation sites is 1. The van der Waals surface area contributed by atoms with E-state index in [0.29, 0.717) is 6.54 Å². The zero-order chi connectivity index (χ0) is 19.5. The Labute approximate surface area is 167 Å². The molecule has 5 rings (SSSR count). The van der Waals surface area contributed by atoms with Crippen molar-refractivity contribution in [2.75, 3.05) is 5.32 Å². The van der Waals surface area contributed by atoms with Crippen LogP contribution in [0.25, 0.3) is 16.9 Å². The summed E-state index contributed by atoms with van der Waals surface area (Å²) in [6.07, 6.45) is 3.48. The molecule has 0 radical (unpaired) electrons. The first-order valence-electron chi connectivity index (χ1n) is 9.29. The third-order valence-corrected chi connectivity index (χ3v) is 4.52. The van der Waals surface area contributed by atoms with Gasteiger partial charge in [0.1, 0.15) is 23.1 Å². The third-order valence-electron chi connectivity index (χ3n) is 4.52. The number of nitrogens with one attached hydrogen (secondary N) is 1. The molecule has 6 nitrogen and oxygen atoms in total. The standard InChI is InChI=1S/C23H18N4O2/c1-2-5-18(6-3-1)29-19-10-8-17(9-11-19)21-16-25-23-13-12-22(26-27(21)23)24-15-20-7-4-14-28-20/h1-14,16H,15H2,(H,24,26). The Morgan fingerprint density at radius 3 is 2.48 bits per heavy atom. The van der Waals surface area contributed by atoms with Gasteiger partial charge in [0, 0.05) is 5.56 Å². The number of benzene rings is 2. The van der Waals surface area contributed by atoms with Crippen LogP contribution in [-0.4, -0.2) is 14.6 Å². The predicted molar refractivity (Wildman–Crippen MR) is 111 cm³/mol. The average Bonchev–Trinajstić information content (AvgIpc) is 3.43. The molecule has 0 amide bonds. The quantitative estimate of drug-likeness (QED) is 0.426. The number of ether oxygens (including phenoxy) is 1. The van der Waals surface area contributed by atoms with Gasteiger partial charge >= 0.3 is 0 Å². The predicted octanol–water partition coefficient (Wildman–Crippen LogP) is 5.39. The number of anilines is 1. The summed E-state index contributed by atoms with van der Waals surface area (Å²) in [6, 6.07) is 25.3. The smallest absolute Gasteiger partial charge is 0.154 e. The van der Waals surface area contributed by atoms with Gasteiger partial charge in [-0.2, -0.15) is 0 Å². The number of nitrogens with zero attached hydrogens (tertiary/aromatic N) is 3. The van der Waals surface area contributed by atoms with Crippen molar-refractivity contribution in [3.8, 4) is 22.8 Å². The van der Waals surface area contributed by atoms with Crippen LogP contribution < -0.4 is 10.1 Å². The molecule has 3 aromatic heterocycles.